The molecule has 0 radical (unpaired) electrons. The molecular formula is C21H27N3O4S. The van der Waals surface area contributed by atoms with Crippen molar-refractivity contribution >= 4 is 17.7 Å². The number of fused-ring (bicyclic) bond motifs is 1. The zero-order chi connectivity index (χ0) is 20.6. The molecule has 0 spiro atoms. The number of benzene rings is 1. The maximum atomic E-state index is 12.4. The van der Waals surface area contributed by atoms with E-state index in [1.807, 2.05) is 24.3 Å². The minimum Gasteiger partial charge on any atom is -0.497 e. The van der Waals surface area contributed by atoms with Crippen LogP contribution in [0.15, 0.2) is 34.1 Å². The molecule has 0 fully saturated rings. The predicted octanol–water partition coefficient (Wildman–Crippen LogP) is 1.57. The van der Waals surface area contributed by atoms with Crippen LogP contribution >= 0.6 is 11.8 Å². The average molecular weight is 418 g/mol. The fraction of sp³-hybridized carbons (Fsp3) is 0.476. The highest BCUT2D eigenvalue weighted by Gasteiger charge is 2.22. The molecule has 1 aliphatic rings. The van der Waals surface area contributed by atoms with E-state index < -0.39 is 0 Å². The molecule has 0 aliphatic heterocycles. The summed E-state index contributed by atoms with van der Waals surface area (Å²) in [6.45, 7) is 1.09. The number of aliphatic hydroxyl groups excluding tert-OH is 1. The lowest BCUT2D eigenvalue weighted by atomic mass is 10.1. The fourth-order valence-corrected chi connectivity index (χ4v) is 4.40. The summed E-state index contributed by atoms with van der Waals surface area (Å²) in [5, 5.41) is 12.6. The smallest absolute Gasteiger partial charge is 0.348 e. The quantitative estimate of drug-likeness (QED) is 0.450. The monoisotopic (exact) mass is 417 g/mol. The van der Waals surface area contributed by atoms with Crippen LogP contribution in [0, 0.1) is 0 Å². The number of methoxy groups -OCH3 is 1. The summed E-state index contributed by atoms with van der Waals surface area (Å²) in [7, 11) is 1.63. The Morgan fingerprint density at radius 2 is 2.10 bits per heavy atom. The van der Waals surface area contributed by atoms with Crippen molar-refractivity contribution in [3.05, 3.63) is 51.6 Å². The van der Waals surface area contributed by atoms with E-state index in [2.05, 4.69) is 10.3 Å². The average Bonchev–Trinajstić information content (AvgIpc) is 3.22. The lowest BCUT2D eigenvalue weighted by Gasteiger charge is -2.13. The maximum Gasteiger partial charge on any atom is 0.348 e. The lowest BCUT2D eigenvalue weighted by molar-refractivity contribution is -0.118. The first kappa shape index (κ1) is 21.4. The third kappa shape index (κ3) is 5.61. The number of ether oxygens (including phenoxy) is 1. The molecular weight excluding hydrogens is 390 g/mol. The minimum absolute atomic E-state index is 0.0500. The Labute approximate surface area is 174 Å². The molecule has 8 heteroatoms. The van der Waals surface area contributed by atoms with Crippen LogP contribution in [0.25, 0.3) is 0 Å². The topological polar surface area (TPSA) is 93.5 Å². The van der Waals surface area contributed by atoms with Crippen molar-refractivity contribution in [2.24, 2.45) is 0 Å². The normalized spacial score (nSPS) is 12.6. The summed E-state index contributed by atoms with van der Waals surface area (Å²) in [5.41, 5.74) is 2.94. The molecule has 29 heavy (non-hydrogen) atoms. The summed E-state index contributed by atoms with van der Waals surface area (Å²) < 4.78 is 6.82. The van der Waals surface area contributed by atoms with Gasteiger partial charge in [0.2, 0.25) is 5.91 Å². The molecule has 0 atom stereocenters. The highest BCUT2D eigenvalue weighted by Crippen LogP contribution is 2.29. The number of nitrogens with zero attached hydrogens (tertiary/aromatic N) is 2. The highest BCUT2D eigenvalue weighted by molar-refractivity contribution is 7.99. The predicted molar refractivity (Wildman–Crippen MR) is 113 cm³/mol. The zero-order valence-corrected chi connectivity index (χ0v) is 17.5. The Kier molecular flexibility index (Phi) is 7.71. The molecule has 1 aromatic heterocycles. The van der Waals surface area contributed by atoms with Gasteiger partial charge in [-0.3, -0.25) is 9.36 Å². The zero-order valence-electron chi connectivity index (χ0n) is 16.6. The standard InChI is InChI=1S/C21H27N3O4S/c1-28-16-8-6-15(7-9-16)10-11-22-19(26)14-29-20-17-4-2-5-18(17)24(12-3-13-25)21(27)23-20/h6-9,25H,2-5,10-14H2,1H3,(H,22,26). The molecule has 0 saturated carbocycles. The molecule has 1 heterocycles. The van der Waals surface area contributed by atoms with Gasteiger partial charge in [0, 0.05) is 31.0 Å². The van der Waals surface area contributed by atoms with E-state index in [4.69, 9.17) is 9.84 Å². The maximum absolute atomic E-state index is 12.4. The van der Waals surface area contributed by atoms with Crippen LogP contribution in [-0.2, 0) is 30.6 Å². The van der Waals surface area contributed by atoms with Crippen molar-refractivity contribution < 1.29 is 14.6 Å². The summed E-state index contributed by atoms with van der Waals surface area (Å²) in [4.78, 5) is 28.8. The second kappa shape index (κ2) is 10.5. The van der Waals surface area contributed by atoms with Gasteiger partial charge in [-0.25, -0.2) is 4.79 Å². The van der Waals surface area contributed by atoms with E-state index >= 15 is 0 Å². The van der Waals surface area contributed by atoms with Gasteiger partial charge in [0.15, 0.2) is 0 Å². The first-order valence-corrected chi connectivity index (χ1v) is 10.9. The van der Waals surface area contributed by atoms with E-state index in [-0.39, 0.29) is 24.0 Å². The summed E-state index contributed by atoms with van der Waals surface area (Å²) in [6.07, 6.45) is 4.00. The van der Waals surface area contributed by atoms with Crippen molar-refractivity contribution in [1.29, 1.82) is 0 Å². The summed E-state index contributed by atoms with van der Waals surface area (Å²) in [6, 6.07) is 7.78. The number of carbonyl (C=O) groups is 1. The number of hydrogen-bond acceptors (Lipinski definition) is 6. The van der Waals surface area contributed by atoms with Crippen molar-refractivity contribution in [2.45, 2.75) is 43.7 Å². The van der Waals surface area contributed by atoms with Crippen LogP contribution in [0.3, 0.4) is 0 Å². The van der Waals surface area contributed by atoms with Crippen molar-refractivity contribution in [2.75, 3.05) is 26.0 Å². The van der Waals surface area contributed by atoms with Crippen LogP contribution in [0.5, 0.6) is 5.75 Å². The number of carbonyl (C=O) groups excluding carboxylic acids is 1. The number of thioether (sulfide) groups is 1. The van der Waals surface area contributed by atoms with Gasteiger partial charge in [-0.2, -0.15) is 4.98 Å². The molecule has 156 valence electrons. The second-order valence-corrected chi connectivity index (χ2v) is 7.91. The van der Waals surface area contributed by atoms with Gasteiger partial charge < -0.3 is 15.2 Å². The van der Waals surface area contributed by atoms with E-state index in [1.54, 1.807) is 11.7 Å². The van der Waals surface area contributed by atoms with Gasteiger partial charge in [-0.1, -0.05) is 23.9 Å². The Morgan fingerprint density at radius 3 is 2.83 bits per heavy atom. The van der Waals surface area contributed by atoms with Gasteiger partial charge >= 0.3 is 5.69 Å². The molecule has 0 saturated heterocycles. The Morgan fingerprint density at radius 1 is 1.31 bits per heavy atom. The number of amides is 1. The summed E-state index contributed by atoms with van der Waals surface area (Å²) in [5.74, 6) is 0.983. The lowest BCUT2D eigenvalue weighted by Crippen LogP contribution is -2.29. The van der Waals surface area contributed by atoms with Gasteiger partial charge in [0.25, 0.3) is 0 Å². The molecule has 0 bridgehead atoms. The summed E-state index contributed by atoms with van der Waals surface area (Å²) >= 11 is 1.33. The third-order valence-corrected chi connectivity index (χ3v) is 5.99. The van der Waals surface area contributed by atoms with Crippen LogP contribution < -0.4 is 15.7 Å². The number of aliphatic hydroxyl groups is 1. The number of nitrogens with one attached hydrogen (secondary N) is 1. The van der Waals surface area contributed by atoms with Crippen LogP contribution in [0.2, 0.25) is 0 Å². The van der Waals surface area contributed by atoms with Gasteiger partial charge in [0.1, 0.15) is 10.8 Å². The molecule has 1 aromatic carbocycles. The van der Waals surface area contributed by atoms with E-state index in [9.17, 15) is 9.59 Å². The highest BCUT2D eigenvalue weighted by atomic mass is 32.2. The van der Waals surface area contributed by atoms with Crippen molar-refractivity contribution in [3.8, 4) is 5.75 Å². The molecule has 3 rings (SSSR count). The molecule has 2 aromatic rings. The van der Waals surface area contributed by atoms with Crippen LogP contribution in [0.4, 0.5) is 0 Å². The number of rotatable bonds is 10. The van der Waals surface area contributed by atoms with E-state index in [0.29, 0.717) is 24.5 Å². The SMILES string of the molecule is COc1ccc(CCNC(=O)CSc2nc(=O)n(CCCO)c3c2CCC3)cc1. The Bertz CT molecular complexity index is 896. The van der Waals surface area contributed by atoms with Gasteiger partial charge in [0.05, 0.1) is 12.9 Å². The molecule has 7 nitrogen and oxygen atoms in total. The first-order chi connectivity index (χ1) is 14.1. The molecule has 0 unspecified atom stereocenters. The minimum atomic E-state index is -0.290. The Hall–Kier alpha value is -2.32. The molecule has 1 aliphatic carbocycles. The first-order valence-electron chi connectivity index (χ1n) is 9.88. The molecule has 2 N–H and O–H groups in total. The number of aromatic nitrogens is 2. The fourth-order valence-electron chi connectivity index (χ4n) is 3.49. The van der Waals surface area contributed by atoms with Gasteiger partial charge in [-0.15, -0.1) is 0 Å². The van der Waals surface area contributed by atoms with Crippen LogP contribution in [-0.4, -0.2) is 46.6 Å². The van der Waals surface area contributed by atoms with Crippen molar-refractivity contribution in [3.63, 3.8) is 0 Å². The molecule has 1 amide bonds. The largest absolute Gasteiger partial charge is 0.497 e. The van der Waals surface area contributed by atoms with E-state index in [0.717, 1.165) is 48.3 Å². The Balaban J connectivity index is 1.53. The third-order valence-electron chi connectivity index (χ3n) is 4.98. The number of hydrogen-bond donors (Lipinski definition) is 2. The van der Waals surface area contributed by atoms with Crippen LogP contribution in [0.1, 0.15) is 29.7 Å². The second-order valence-electron chi connectivity index (χ2n) is 6.94. The van der Waals surface area contributed by atoms with Crippen molar-refractivity contribution in [1.82, 2.24) is 14.9 Å². The van der Waals surface area contributed by atoms with Gasteiger partial charge in [-0.05, 0) is 49.8 Å². The van der Waals surface area contributed by atoms with E-state index in [1.165, 1.54) is 11.8 Å².